The molecule has 0 unspecified atom stereocenters. The molecule has 0 spiro atoms. The van der Waals surface area contributed by atoms with Crippen LogP contribution in [0.3, 0.4) is 0 Å². The van der Waals surface area contributed by atoms with Crippen molar-refractivity contribution in [1.82, 2.24) is 4.90 Å². The Labute approximate surface area is 154 Å². The fraction of sp³-hybridized carbons (Fsp3) is 0.429. The van der Waals surface area contributed by atoms with E-state index in [0.29, 0.717) is 29.8 Å². The second-order valence-corrected chi connectivity index (χ2v) is 8.64. The highest BCUT2D eigenvalue weighted by molar-refractivity contribution is 8.26. The average Bonchev–Trinajstić information content (AvgIpc) is 3.12. The quantitative estimate of drug-likeness (QED) is 0.441. The van der Waals surface area contributed by atoms with Crippen LogP contribution in [0.4, 0.5) is 5.88 Å². The summed E-state index contributed by atoms with van der Waals surface area (Å²) in [6.07, 6.45) is 1.58. The van der Waals surface area contributed by atoms with Crippen LogP contribution in [-0.4, -0.2) is 66.7 Å². The van der Waals surface area contributed by atoms with Gasteiger partial charge in [0.15, 0.2) is 5.88 Å². The van der Waals surface area contributed by atoms with Crippen LogP contribution in [0.5, 0.6) is 0 Å². The standard InChI is InChI=1S/C14H16N2O6S3/c17-13-11(24-14(23)16(13)5-8-25(18,19)20)9-10-1-2-12(22-10)15-3-6-21-7-4-15/h1-2,9H,3-8H2,(H,18,19,20). The van der Waals surface area contributed by atoms with Crippen LogP contribution in [0, 0.1) is 0 Å². The molecule has 0 atom stereocenters. The highest BCUT2D eigenvalue weighted by Gasteiger charge is 2.33. The lowest BCUT2D eigenvalue weighted by molar-refractivity contribution is -0.121. The van der Waals surface area contributed by atoms with Gasteiger partial charge in [0.25, 0.3) is 16.0 Å². The number of ether oxygens (including phenoxy) is 1. The Balaban J connectivity index is 1.70. The number of furan rings is 1. The van der Waals surface area contributed by atoms with E-state index < -0.39 is 21.8 Å². The van der Waals surface area contributed by atoms with E-state index in [9.17, 15) is 13.2 Å². The van der Waals surface area contributed by atoms with Gasteiger partial charge in [0, 0.05) is 31.8 Å². The molecule has 11 heteroatoms. The number of carbonyl (C=O) groups excluding carboxylic acids is 1. The first-order valence-electron chi connectivity index (χ1n) is 7.46. The Kier molecular flexibility index (Phi) is 5.49. The van der Waals surface area contributed by atoms with Gasteiger partial charge in [-0.05, 0) is 6.07 Å². The van der Waals surface area contributed by atoms with Crippen molar-refractivity contribution in [1.29, 1.82) is 0 Å². The summed E-state index contributed by atoms with van der Waals surface area (Å²) in [4.78, 5) is 15.9. The number of thioether (sulfide) groups is 1. The molecule has 0 radical (unpaired) electrons. The van der Waals surface area contributed by atoms with Gasteiger partial charge in [0.2, 0.25) is 0 Å². The van der Waals surface area contributed by atoms with Crippen LogP contribution in [-0.2, 0) is 19.6 Å². The Morgan fingerprint density at radius 1 is 1.32 bits per heavy atom. The third kappa shape index (κ3) is 4.61. The Morgan fingerprint density at radius 3 is 2.72 bits per heavy atom. The fourth-order valence-electron chi connectivity index (χ4n) is 2.40. The minimum absolute atomic E-state index is 0.183. The molecular formula is C14H16N2O6S3. The second-order valence-electron chi connectivity index (χ2n) is 5.39. The van der Waals surface area contributed by atoms with Crippen molar-refractivity contribution in [3.8, 4) is 0 Å². The first-order chi connectivity index (χ1) is 11.8. The highest BCUT2D eigenvalue weighted by atomic mass is 32.2. The maximum Gasteiger partial charge on any atom is 0.266 e. The summed E-state index contributed by atoms with van der Waals surface area (Å²) >= 11 is 6.18. The van der Waals surface area contributed by atoms with Gasteiger partial charge in [-0.3, -0.25) is 14.2 Å². The van der Waals surface area contributed by atoms with Crippen molar-refractivity contribution >= 4 is 56.3 Å². The topological polar surface area (TPSA) is 100 Å². The molecule has 0 aromatic carbocycles. The molecule has 136 valence electrons. The zero-order chi connectivity index (χ0) is 18.0. The average molecular weight is 404 g/mol. The maximum absolute atomic E-state index is 12.3. The number of amides is 1. The third-order valence-corrected chi connectivity index (χ3v) is 5.73. The normalized spacial score (nSPS) is 20.8. The number of hydrogen-bond acceptors (Lipinski definition) is 8. The molecule has 0 saturated carbocycles. The predicted molar refractivity (Wildman–Crippen MR) is 98.0 cm³/mol. The summed E-state index contributed by atoms with van der Waals surface area (Å²) in [6.45, 7) is 2.58. The smallest absolute Gasteiger partial charge is 0.266 e. The lowest BCUT2D eigenvalue weighted by Gasteiger charge is -2.26. The van der Waals surface area contributed by atoms with Crippen LogP contribution in [0.1, 0.15) is 5.76 Å². The summed E-state index contributed by atoms with van der Waals surface area (Å²) in [5.41, 5.74) is 0. The number of anilines is 1. The Bertz CT molecular complexity index is 810. The minimum atomic E-state index is -4.16. The van der Waals surface area contributed by atoms with Gasteiger partial charge in [-0.1, -0.05) is 24.0 Å². The van der Waals surface area contributed by atoms with Crippen LogP contribution in [0.15, 0.2) is 21.5 Å². The number of carbonyl (C=O) groups is 1. The molecule has 2 fully saturated rings. The molecule has 1 amide bonds. The SMILES string of the molecule is O=C1C(=Cc2ccc(N3CCOCC3)o2)SC(=S)N1CCS(=O)(=O)O. The van der Waals surface area contributed by atoms with Gasteiger partial charge < -0.3 is 14.1 Å². The lowest BCUT2D eigenvalue weighted by atomic mass is 10.3. The van der Waals surface area contributed by atoms with Crippen molar-refractivity contribution in [3.63, 3.8) is 0 Å². The second kappa shape index (κ2) is 7.46. The van der Waals surface area contributed by atoms with E-state index in [2.05, 4.69) is 4.90 Å². The molecule has 1 aromatic rings. The summed E-state index contributed by atoms with van der Waals surface area (Å²) in [7, 11) is -4.16. The highest BCUT2D eigenvalue weighted by Crippen LogP contribution is 2.33. The lowest BCUT2D eigenvalue weighted by Crippen LogP contribution is -2.35. The van der Waals surface area contributed by atoms with Crippen molar-refractivity contribution < 1.29 is 26.9 Å². The minimum Gasteiger partial charge on any atom is -0.441 e. The van der Waals surface area contributed by atoms with E-state index in [4.69, 9.17) is 25.9 Å². The van der Waals surface area contributed by atoms with Gasteiger partial charge in [-0.2, -0.15) is 8.42 Å². The number of thiocarbonyl (C=S) groups is 1. The van der Waals surface area contributed by atoms with Gasteiger partial charge in [-0.25, -0.2) is 0 Å². The molecule has 3 rings (SSSR count). The number of rotatable bonds is 5. The van der Waals surface area contributed by atoms with Gasteiger partial charge in [0.05, 0.1) is 23.9 Å². The van der Waals surface area contributed by atoms with Crippen molar-refractivity contribution in [2.45, 2.75) is 0 Å². The molecule has 25 heavy (non-hydrogen) atoms. The summed E-state index contributed by atoms with van der Waals surface area (Å²) in [5, 5.41) is 0. The van der Waals surface area contributed by atoms with Crippen LogP contribution in [0.2, 0.25) is 0 Å². The van der Waals surface area contributed by atoms with E-state index in [1.54, 1.807) is 12.1 Å². The zero-order valence-electron chi connectivity index (χ0n) is 13.1. The molecule has 0 bridgehead atoms. The van der Waals surface area contributed by atoms with Crippen LogP contribution < -0.4 is 4.90 Å². The third-order valence-electron chi connectivity index (χ3n) is 3.66. The van der Waals surface area contributed by atoms with E-state index in [1.807, 2.05) is 6.07 Å². The number of nitrogens with zero attached hydrogens (tertiary/aromatic N) is 2. The zero-order valence-corrected chi connectivity index (χ0v) is 15.5. The summed E-state index contributed by atoms with van der Waals surface area (Å²) in [6, 6.07) is 3.59. The Hall–Kier alpha value is -1.40. The van der Waals surface area contributed by atoms with E-state index in [1.165, 1.54) is 0 Å². The summed E-state index contributed by atoms with van der Waals surface area (Å²) in [5.74, 6) is 0.255. The molecule has 1 N–H and O–H groups in total. The largest absolute Gasteiger partial charge is 0.441 e. The molecule has 0 aliphatic carbocycles. The molecule has 2 aliphatic rings. The first-order valence-corrected chi connectivity index (χ1v) is 10.3. The van der Waals surface area contributed by atoms with Gasteiger partial charge in [0.1, 0.15) is 10.1 Å². The van der Waals surface area contributed by atoms with Crippen molar-refractivity contribution in [2.24, 2.45) is 0 Å². The monoisotopic (exact) mass is 404 g/mol. The molecular weight excluding hydrogens is 388 g/mol. The fourth-order valence-corrected chi connectivity index (χ4v) is 4.10. The van der Waals surface area contributed by atoms with Crippen LogP contribution >= 0.6 is 24.0 Å². The van der Waals surface area contributed by atoms with Crippen molar-refractivity contribution in [3.05, 3.63) is 22.8 Å². The van der Waals surface area contributed by atoms with E-state index in [0.717, 1.165) is 29.8 Å². The van der Waals surface area contributed by atoms with Crippen LogP contribution in [0.25, 0.3) is 6.08 Å². The summed E-state index contributed by atoms with van der Waals surface area (Å²) < 4.78 is 41.8. The van der Waals surface area contributed by atoms with E-state index >= 15 is 0 Å². The molecule has 1 aromatic heterocycles. The molecule has 3 heterocycles. The van der Waals surface area contributed by atoms with E-state index in [-0.39, 0.29) is 10.9 Å². The number of morpholine rings is 1. The van der Waals surface area contributed by atoms with Gasteiger partial charge >= 0.3 is 0 Å². The Morgan fingerprint density at radius 2 is 2.04 bits per heavy atom. The number of hydrogen-bond donors (Lipinski definition) is 1. The molecule has 2 saturated heterocycles. The predicted octanol–water partition coefficient (Wildman–Crippen LogP) is 1.21. The van der Waals surface area contributed by atoms with Crippen molar-refractivity contribution in [2.75, 3.05) is 43.5 Å². The first kappa shape index (κ1) is 18.4. The molecule has 2 aliphatic heterocycles. The maximum atomic E-state index is 12.3. The van der Waals surface area contributed by atoms with Gasteiger partial charge in [-0.15, -0.1) is 0 Å². The molecule has 8 nitrogen and oxygen atoms in total.